The Morgan fingerprint density at radius 3 is 1.91 bits per heavy atom. The molecule has 0 aromatic heterocycles. The van der Waals surface area contributed by atoms with E-state index < -0.39 is 23.6 Å². The van der Waals surface area contributed by atoms with Gasteiger partial charge >= 0.3 is 11.9 Å². The van der Waals surface area contributed by atoms with Crippen molar-refractivity contribution in [3.63, 3.8) is 0 Å². The molecule has 0 N–H and O–H groups in total. The molecule has 0 spiro atoms. The Balaban J connectivity index is 2.03. The van der Waals surface area contributed by atoms with E-state index in [1.54, 1.807) is 0 Å². The van der Waals surface area contributed by atoms with E-state index in [-0.39, 0.29) is 33.8 Å². The fourth-order valence-electron chi connectivity index (χ4n) is 2.15. The van der Waals surface area contributed by atoms with Crippen LogP contribution in [0, 0.1) is 11.6 Å². The minimum atomic E-state index is -0.750. The second-order valence-corrected chi connectivity index (χ2v) is 6.44. The molecule has 6 nitrogen and oxygen atoms in total. The van der Waals surface area contributed by atoms with E-state index >= 15 is 0 Å². The maximum Gasteiger partial charge on any atom is 0.338 e. The van der Waals surface area contributed by atoms with E-state index in [2.05, 4.69) is 17.9 Å². The van der Waals surface area contributed by atoms with Gasteiger partial charge in [0.25, 0.3) is 0 Å². The summed E-state index contributed by atoms with van der Waals surface area (Å²) in [5, 5.41) is 0. The van der Waals surface area contributed by atoms with Crippen molar-refractivity contribution in [2.75, 3.05) is 0 Å². The smallest absolute Gasteiger partial charge is 0.338 e. The lowest BCUT2D eigenvalue weighted by Gasteiger charge is -2.08. The first-order valence-electron chi connectivity index (χ1n) is 9.15. The van der Waals surface area contributed by atoms with Crippen LogP contribution in [0.5, 0.6) is 11.5 Å². The molecule has 0 aliphatic heterocycles. The van der Waals surface area contributed by atoms with E-state index in [9.17, 15) is 18.4 Å². The predicted molar refractivity (Wildman–Crippen MR) is 113 cm³/mol. The zero-order chi connectivity index (χ0) is 23.7. The van der Waals surface area contributed by atoms with Crippen LogP contribution in [-0.4, -0.2) is 11.9 Å². The van der Waals surface area contributed by atoms with E-state index in [1.807, 2.05) is 0 Å². The van der Waals surface area contributed by atoms with Gasteiger partial charge in [0.15, 0.2) is 11.6 Å². The summed E-state index contributed by atoms with van der Waals surface area (Å²) in [7, 11) is 0. The summed E-state index contributed by atoms with van der Waals surface area (Å²) in [4.78, 5) is 22.5. The highest BCUT2D eigenvalue weighted by Crippen LogP contribution is 2.29. The summed E-state index contributed by atoms with van der Waals surface area (Å²) in [5.41, 5.74) is 0.815. The van der Waals surface area contributed by atoms with Crippen molar-refractivity contribution in [3.05, 3.63) is 97.4 Å². The standard InChI is InChI=1S/C24H20F2O6/c1-15(2)23(27)31-11-9-29-18-6-7-19(20(25)14-18)17-5-8-22(21(26)13-17)30-10-12-32-24(28)16(3)4/h5-14H,1,3H2,2,4H3/b11-9-,12-10-. The fourth-order valence-corrected chi connectivity index (χ4v) is 2.15. The second kappa shape index (κ2) is 11.3. The quantitative estimate of drug-likeness (QED) is 0.287. The number of esters is 2. The molecule has 0 aliphatic carbocycles. The van der Waals surface area contributed by atoms with Crippen LogP contribution in [0.3, 0.4) is 0 Å². The monoisotopic (exact) mass is 442 g/mol. The molecule has 0 radical (unpaired) electrons. The number of carbonyl (C=O) groups excluding carboxylic acids is 2. The molecule has 2 aromatic carbocycles. The van der Waals surface area contributed by atoms with Crippen LogP contribution < -0.4 is 9.47 Å². The normalized spacial score (nSPS) is 10.8. The average molecular weight is 442 g/mol. The van der Waals surface area contributed by atoms with E-state index in [0.29, 0.717) is 0 Å². The number of halogens is 2. The zero-order valence-corrected chi connectivity index (χ0v) is 17.4. The molecule has 0 heterocycles. The van der Waals surface area contributed by atoms with Gasteiger partial charge < -0.3 is 18.9 Å². The van der Waals surface area contributed by atoms with Gasteiger partial charge in [-0.2, -0.15) is 0 Å². The van der Waals surface area contributed by atoms with Gasteiger partial charge in [-0.05, 0) is 43.7 Å². The zero-order valence-electron chi connectivity index (χ0n) is 17.4. The lowest BCUT2D eigenvalue weighted by molar-refractivity contribution is -0.134. The first kappa shape index (κ1) is 24.1. The Morgan fingerprint density at radius 2 is 1.38 bits per heavy atom. The lowest BCUT2D eigenvalue weighted by atomic mass is 10.0. The molecule has 0 bridgehead atoms. The second-order valence-electron chi connectivity index (χ2n) is 6.44. The predicted octanol–water partition coefficient (Wildman–Crippen LogP) is 5.57. The first-order valence-corrected chi connectivity index (χ1v) is 9.15. The Kier molecular flexibility index (Phi) is 8.47. The third-order valence-electron chi connectivity index (χ3n) is 3.74. The van der Waals surface area contributed by atoms with Crippen LogP contribution in [-0.2, 0) is 19.1 Å². The third-order valence-corrected chi connectivity index (χ3v) is 3.74. The Hall–Kier alpha value is -4.20. The SMILES string of the molecule is C=C(C)C(=O)O/C=C\Oc1ccc(-c2ccc(O/C=C\OC(=O)C(=C)C)c(F)c2)c(F)c1. The summed E-state index contributed by atoms with van der Waals surface area (Å²) in [6, 6.07) is 7.83. The van der Waals surface area contributed by atoms with Crippen LogP contribution in [0.2, 0.25) is 0 Å². The molecular weight excluding hydrogens is 422 g/mol. The van der Waals surface area contributed by atoms with Gasteiger partial charge in [-0.25, -0.2) is 18.4 Å². The van der Waals surface area contributed by atoms with Gasteiger partial charge in [0, 0.05) is 22.8 Å². The molecule has 0 saturated heterocycles. The summed E-state index contributed by atoms with van der Waals surface area (Å²) in [5.74, 6) is -2.68. The van der Waals surface area contributed by atoms with Crippen LogP contribution >= 0.6 is 0 Å². The molecule has 0 unspecified atom stereocenters. The molecular formula is C24H20F2O6. The Bertz CT molecular complexity index is 1100. The fraction of sp³-hybridized carbons (Fsp3) is 0.0833. The van der Waals surface area contributed by atoms with E-state index in [1.165, 1.54) is 38.1 Å². The van der Waals surface area contributed by atoms with Crippen molar-refractivity contribution in [1.82, 2.24) is 0 Å². The van der Waals surface area contributed by atoms with Gasteiger partial charge in [-0.3, -0.25) is 0 Å². The van der Waals surface area contributed by atoms with Gasteiger partial charge in [-0.1, -0.05) is 19.2 Å². The highest BCUT2D eigenvalue weighted by Gasteiger charge is 2.11. The molecule has 0 saturated carbocycles. The topological polar surface area (TPSA) is 71.1 Å². The number of rotatable bonds is 9. The third kappa shape index (κ3) is 6.94. The highest BCUT2D eigenvalue weighted by atomic mass is 19.1. The van der Waals surface area contributed by atoms with Crippen LogP contribution in [0.15, 0.2) is 85.8 Å². The molecule has 0 atom stereocenters. The number of hydrogen-bond acceptors (Lipinski definition) is 6. The van der Waals surface area contributed by atoms with Crippen LogP contribution in [0.1, 0.15) is 13.8 Å². The van der Waals surface area contributed by atoms with Crippen molar-refractivity contribution in [2.45, 2.75) is 13.8 Å². The molecule has 8 heteroatoms. The molecule has 2 aromatic rings. The van der Waals surface area contributed by atoms with E-state index in [4.69, 9.17) is 14.2 Å². The maximum absolute atomic E-state index is 14.5. The molecule has 0 aliphatic rings. The van der Waals surface area contributed by atoms with Crippen LogP contribution in [0.4, 0.5) is 8.78 Å². The lowest BCUT2D eigenvalue weighted by Crippen LogP contribution is -1.99. The number of carbonyl (C=O) groups is 2. The number of hydrogen-bond donors (Lipinski definition) is 0. The summed E-state index contributed by atoms with van der Waals surface area (Å²) in [6.07, 6.45) is 4.02. The largest absolute Gasteiger partial charge is 0.462 e. The van der Waals surface area contributed by atoms with E-state index in [0.717, 1.165) is 37.2 Å². The number of benzene rings is 2. The molecule has 166 valence electrons. The number of ether oxygens (including phenoxy) is 4. The van der Waals surface area contributed by atoms with Crippen LogP contribution in [0.25, 0.3) is 11.1 Å². The van der Waals surface area contributed by atoms with Gasteiger partial charge in [0.05, 0.1) is 0 Å². The molecule has 32 heavy (non-hydrogen) atoms. The van der Waals surface area contributed by atoms with Crippen molar-refractivity contribution in [1.29, 1.82) is 0 Å². The Labute approximate surface area is 183 Å². The first-order chi connectivity index (χ1) is 15.2. The highest BCUT2D eigenvalue weighted by molar-refractivity contribution is 5.87. The maximum atomic E-state index is 14.5. The van der Waals surface area contributed by atoms with Crippen molar-refractivity contribution < 1.29 is 37.3 Å². The summed E-state index contributed by atoms with van der Waals surface area (Å²) < 4.78 is 48.4. The van der Waals surface area contributed by atoms with Crippen molar-refractivity contribution >= 4 is 11.9 Å². The summed E-state index contributed by atoms with van der Waals surface area (Å²) >= 11 is 0. The van der Waals surface area contributed by atoms with Gasteiger partial charge in [-0.15, -0.1) is 0 Å². The molecule has 0 fully saturated rings. The van der Waals surface area contributed by atoms with Gasteiger partial charge in [0.1, 0.15) is 36.6 Å². The summed E-state index contributed by atoms with van der Waals surface area (Å²) in [6.45, 7) is 9.81. The minimum absolute atomic E-state index is 0.131. The van der Waals surface area contributed by atoms with Gasteiger partial charge in [0.2, 0.25) is 0 Å². The Morgan fingerprint density at radius 1 is 0.781 bits per heavy atom. The molecule has 0 amide bonds. The minimum Gasteiger partial charge on any atom is -0.462 e. The van der Waals surface area contributed by atoms with Crippen molar-refractivity contribution in [2.24, 2.45) is 0 Å². The molecule has 2 rings (SSSR count). The van der Waals surface area contributed by atoms with Crippen molar-refractivity contribution in [3.8, 4) is 22.6 Å². The average Bonchev–Trinajstić information content (AvgIpc) is 2.74.